The molecule has 1 aromatic heterocycles. The Bertz CT molecular complexity index is 1220. The third-order valence-electron chi connectivity index (χ3n) is 6.39. The van der Waals surface area contributed by atoms with Crippen LogP contribution < -0.4 is 4.74 Å². The van der Waals surface area contributed by atoms with E-state index in [1.54, 1.807) is 24.3 Å². The van der Waals surface area contributed by atoms with Crippen LogP contribution in [0.2, 0.25) is 0 Å². The number of halogens is 1. The SMILES string of the molecule is COc1cc2[nH]cc(C(=O)C(=O)N(C)C)c2cc1C(=O)C1CCN(Cc2ccc(F)cc2)CC1. The molecule has 0 aliphatic carbocycles. The van der Waals surface area contributed by atoms with E-state index in [0.29, 0.717) is 41.6 Å². The van der Waals surface area contributed by atoms with Crippen LogP contribution in [-0.2, 0) is 11.3 Å². The lowest BCUT2D eigenvalue weighted by atomic mass is 9.87. The summed E-state index contributed by atoms with van der Waals surface area (Å²) in [5.74, 6) is -1.27. The molecule has 4 rings (SSSR count). The van der Waals surface area contributed by atoms with Crippen LogP contribution in [0.4, 0.5) is 4.39 Å². The number of hydrogen-bond acceptors (Lipinski definition) is 5. The van der Waals surface area contributed by atoms with Crippen LogP contribution in [0, 0.1) is 11.7 Å². The van der Waals surface area contributed by atoms with Crippen molar-refractivity contribution in [1.82, 2.24) is 14.8 Å². The lowest BCUT2D eigenvalue weighted by Gasteiger charge is -2.31. The second kappa shape index (κ2) is 9.77. The predicted octanol–water partition coefficient (Wildman–Crippen LogP) is 3.68. The number of piperidine rings is 1. The fourth-order valence-electron chi connectivity index (χ4n) is 4.44. The second-order valence-electron chi connectivity index (χ2n) is 8.87. The van der Waals surface area contributed by atoms with Crippen LogP contribution in [0.1, 0.15) is 39.1 Å². The summed E-state index contributed by atoms with van der Waals surface area (Å²) in [4.78, 5) is 44.8. The van der Waals surface area contributed by atoms with E-state index in [0.717, 1.165) is 18.7 Å². The van der Waals surface area contributed by atoms with Crippen molar-refractivity contribution in [3.8, 4) is 5.75 Å². The molecule has 8 heteroatoms. The number of likely N-dealkylation sites (tertiary alicyclic amines) is 1. The smallest absolute Gasteiger partial charge is 0.294 e. The number of carbonyl (C=O) groups is 3. The van der Waals surface area contributed by atoms with Gasteiger partial charge in [0.1, 0.15) is 11.6 Å². The number of fused-ring (bicyclic) bond motifs is 1. The van der Waals surface area contributed by atoms with Crippen LogP contribution in [0.25, 0.3) is 10.9 Å². The highest BCUT2D eigenvalue weighted by molar-refractivity contribution is 6.44. The molecule has 3 aromatic rings. The Morgan fingerprint density at radius 3 is 2.38 bits per heavy atom. The number of hydrogen-bond donors (Lipinski definition) is 1. The summed E-state index contributed by atoms with van der Waals surface area (Å²) >= 11 is 0. The molecule has 1 saturated heterocycles. The Hall–Kier alpha value is -3.52. The summed E-state index contributed by atoms with van der Waals surface area (Å²) in [5.41, 5.74) is 2.31. The maximum absolute atomic E-state index is 13.5. The third kappa shape index (κ3) is 4.72. The van der Waals surface area contributed by atoms with Crippen LogP contribution in [0.5, 0.6) is 5.75 Å². The Kier molecular flexibility index (Phi) is 6.79. The van der Waals surface area contributed by atoms with Crippen LogP contribution in [0.3, 0.4) is 0 Å². The first kappa shape index (κ1) is 23.6. The number of benzene rings is 2. The molecule has 1 fully saturated rings. The first-order chi connectivity index (χ1) is 16.3. The van der Waals surface area contributed by atoms with Gasteiger partial charge in [-0.05, 0) is 49.7 Å². The first-order valence-corrected chi connectivity index (χ1v) is 11.2. The summed E-state index contributed by atoms with van der Waals surface area (Å²) in [6.07, 6.45) is 2.88. The van der Waals surface area contributed by atoms with E-state index in [1.807, 2.05) is 0 Å². The lowest BCUT2D eigenvalue weighted by molar-refractivity contribution is -0.124. The molecular weight excluding hydrogens is 437 g/mol. The molecular formula is C26H28FN3O4. The van der Waals surface area contributed by atoms with E-state index < -0.39 is 11.7 Å². The van der Waals surface area contributed by atoms with Gasteiger partial charge < -0.3 is 14.6 Å². The fourth-order valence-corrected chi connectivity index (χ4v) is 4.44. The highest BCUT2D eigenvalue weighted by atomic mass is 19.1. The molecule has 1 N–H and O–H groups in total. The predicted molar refractivity (Wildman–Crippen MR) is 127 cm³/mol. The number of rotatable bonds is 7. The summed E-state index contributed by atoms with van der Waals surface area (Å²) < 4.78 is 18.6. The van der Waals surface area contributed by atoms with Crippen molar-refractivity contribution in [2.24, 2.45) is 5.92 Å². The molecule has 0 bridgehead atoms. The van der Waals surface area contributed by atoms with Crippen LogP contribution in [-0.4, -0.2) is 66.6 Å². The number of H-pyrrole nitrogens is 1. The molecule has 34 heavy (non-hydrogen) atoms. The highest BCUT2D eigenvalue weighted by Gasteiger charge is 2.29. The molecule has 178 valence electrons. The molecule has 0 unspecified atom stereocenters. The van der Waals surface area contributed by atoms with Gasteiger partial charge in [-0.25, -0.2) is 4.39 Å². The zero-order chi connectivity index (χ0) is 24.4. The molecule has 0 radical (unpaired) electrons. The number of amides is 1. The van der Waals surface area contributed by atoms with Gasteiger partial charge in [-0.2, -0.15) is 0 Å². The Morgan fingerprint density at radius 2 is 1.76 bits per heavy atom. The minimum Gasteiger partial charge on any atom is -0.496 e. The molecule has 0 atom stereocenters. The quantitative estimate of drug-likeness (QED) is 0.425. The molecule has 1 aliphatic heterocycles. The van der Waals surface area contributed by atoms with Gasteiger partial charge in [0.2, 0.25) is 0 Å². The molecule has 2 aromatic carbocycles. The maximum Gasteiger partial charge on any atom is 0.294 e. The van der Waals surface area contributed by atoms with E-state index >= 15 is 0 Å². The number of ketones is 2. The molecule has 1 amide bonds. The number of aromatic nitrogens is 1. The summed E-state index contributed by atoms with van der Waals surface area (Å²) in [6.45, 7) is 2.22. The van der Waals surface area contributed by atoms with Gasteiger partial charge in [-0.15, -0.1) is 0 Å². The minimum atomic E-state index is -0.631. The number of ether oxygens (including phenoxy) is 1. The van der Waals surface area contributed by atoms with Crippen molar-refractivity contribution >= 4 is 28.4 Å². The van der Waals surface area contributed by atoms with Gasteiger partial charge in [0.05, 0.1) is 18.2 Å². The normalized spacial score (nSPS) is 14.8. The minimum absolute atomic E-state index is 0.0290. The molecule has 1 aliphatic rings. The maximum atomic E-state index is 13.5. The van der Waals surface area contributed by atoms with Crippen molar-refractivity contribution in [3.63, 3.8) is 0 Å². The lowest BCUT2D eigenvalue weighted by Crippen LogP contribution is -2.36. The van der Waals surface area contributed by atoms with Crippen molar-refractivity contribution in [2.75, 3.05) is 34.3 Å². The number of nitrogens with one attached hydrogen (secondary N) is 1. The van der Waals surface area contributed by atoms with Crippen LogP contribution >= 0.6 is 0 Å². The summed E-state index contributed by atoms with van der Waals surface area (Å²) in [7, 11) is 4.55. The van der Waals surface area contributed by atoms with Crippen molar-refractivity contribution in [3.05, 3.63) is 65.1 Å². The van der Waals surface area contributed by atoms with Crippen molar-refractivity contribution < 1.29 is 23.5 Å². The fraction of sp³-hybridized carbons (Fsp3) is 0.346. The summed E-state index contributed by atoms with van der Waals surface area (Å²) in [5, 5.41) is 0.526. The van der Waals surface area contributed by atoms with Gasteiger partial charge >= 0.3 is 0 Å². The highest BCUT2D eigenvalue weighted by Crippen LogP contribution is 2.32. The van der Waals surface area contributed by atoms with E-state index in [4.69, 9.17) is 4.74 Å². The van der Waals surface area contributed by atoms with E-state index in [9.17, 15) is 18.8 Å². The number of methoxy groups -OCH3 is 1. The van der Waals surface area contributed by atoms with Gasteiger partial charge in [0, 0.05) is 49.7 Å². The summed E-state index contributed by atoms with van der Waals surface area (Å²) in [6, 6.07) is 9.84. The first-order valence-electron chi connectivity index (χ1n) is 11.2. The number of Topliss-reactive ketones (excluding diaryl/α,β-unsaturated/α-hetero) is 2. The van der Waals surface area contributed by atoms with Gasteiger partial charge in [0.15, 0.2) is 5.78 Å². The largest absolute Gasteiger partial charge is 0.496 e. The standard InChI is InChI=1S/C26H28FN3O4/c1-29(2)26(33)25(32)21-14-28-22-13-23(34-3)20(12-19(21)22)24(31)17-8-10-30(11-9-17)15-16-4-6-18(27)7-5-16/h4-7,12-14,17,28H,8-11,15H2,1-3H3. The van der Waals surface area contributed by atoms with Crippen molar-refractivity contribution in [2.45, 2.75) is 19.4 Å². The number of aromatic amines is 1. The molecule has 0 saturated carbocycles. The van der Waals surface area contributed by atoms with Gasteiger partial charge in [-0.1, -0.05) is 12.1 Å². The number of likely N-dealkylation sites (N-methyl/N-ethyl adjacent to an activating group) is 1. The van der Waals surface area contributed by atoms with Crippen LogP contribution in [0.15, 0.2) is 42.6 Å². The Balaban J connectivity index is 1.52. The Labute approximate surface area is 197 Å². The monoisotopic (exact) mass is 465 g/mol. The zero-order valence-corrected chi connectivity index (χ0v) is 19.6. The van der Waals surface area contributed by atoms with Gasteiger partial charge in [0.25, 0.3) is 11.7 Å². The van der Waals surface area contributed by atoms with Crippen molar-refractivity contribution in [1.29, 1.82) is 0 Å². The van der Waals surface area contributed by atoms with E-state index in [2.05, 4.69) is 9.88 Å². The van der Waals surface area contributed by atoms with E-state index in [-0.39, 0.29) is 23.1 Å². The van der Waals surface area contributed by atoms with Gasteiger partial charge in [-0.3, -0.25) is 19.3 Å². The molecule has 2 heterocycles. The topological polar surface area (TPSA) is 82.7 Å². The molecule has 0 spiro atoms. The second-order valence-corrected chi connectivity index (χ2v) is 8.87. The van der Waals surface area contributed by atoms with E-state index in [1.165, 1.54) is 44.4 Å². The third-order valence-corrected chi connectivity index (χ3v) is 6.39. The Morgan fingerprint density at radius 1 is 1.09 bits per heavy atom. The number of carbonyl (C=O) groups excluding carboxylic acids is 3. The molecule has 7 nitrogen and oxygen atoms in total. The zero-order valence-electron chi connectivity index (χ0n) is 19.6. The average molecular weight is 466 g/mol. The number of nitrogens with zero attached hydrogens (tertiary/aromatic N) is 2. The average Bonchev–Trinajstić information content (AvgIpc) is 3.26.